The third-order valence-electron chi connectivity index (χ3n) is 5.24. The van der Waals surface area contributed by atoms with Gasteiger partial charge >= 0.3 is 0 Å². The minimum atomic E-state index is -0.732. The number of carbonyl (C=O) groups is 2. The number of Topliss-reactive ketones (excluding diaryl/α,β-unsaturated/α-hetero) is 1. The highest BCUT2D eigenvalue weighted by Gasteiger charge is 2.42. The van der Waals surface area contributed by atoms with Crippen LogP contribution in [-0.2, 0) is 4.79 Å². The molecule has 0 radical (unpaired) electrons. The molecule has 3 N–H and O–H groups in total. The first-order chi connectivity index (χ1) is 13.1. The second-order valence-electron chi connectivity index (χ2n) is 8.45. The SMILES string of the molecule is Cc1ncsc1-c1ccc(C(=O)[C@@H]2C[C@@H](O)CN2C(=O)[C@@H](N)C(C)(C)C)cc1. The minimum absolute atomic E-state index is 0.136. The molecule has 28 heavy (non-hydrogen) atoms. The zero-order valence-corrected chi connectivity index (χ0v) is 17.5. The molecule has 0 spiro atoms. The monoisotopic (exact) mass is 401 g/mol. The lowest BCUT2D eigenvalue weighted by Crippen LogP contribution is -2.53. The van der Waals surface area contributed by atoms with Crippen LogP contribution in [0.3, 0.4) is 0 Å². The Labute approximate surface area is 169 Å². The van der Waals surface area contributed by atoms with Crippen molar-refractivity contribution in [2.24, 2.45) is 11.1 Å². The van der Waals surface area contributed by atoms with Crippen molar-refractivity contribution >= 4 is 23.0 Å². The summed E-state index contributed by atoms with van der Waals surface area (Å²) in [5.74, 6) is -0.460. The molecule has 1 aliphatic rings. The second kappa shape index (κ2) is 7.73. The van der Waals surface area contributed by atoms with E-state index in [0.717, 1.165) is 16.1 Å². The predicted octanol–water partition coefficient (Wildman–Crippen LogP) is 2.64. The maximum absolute atomic E-state index is 13.1. The van der Waals surface area contributed by atoms with Gasteiger partial charge in [0.2, 0.25) is 5.91 Å². The molecule has 2 aromatic rings. The van der Waals surface area contributed by atoms with Crippen LogP contribution < -0.4 is 5.73 Å². The van der Waals surface area contributed by atoms with Gasteiger partial charge in [-0.15, -0.1) is 11.3 Å². The third kappa shape index (κ3) is 4.01. The lowest BCUT2D eigenvalue weighted by atomic mass is 9.86. The Hall–Kier alpha value is -2.09. The van der Waals surface area contributed by atoms with E-state index in [-0.39, 0.29) is 24.7 Å². The number of benzene rings is 1. The zero-order valence-electron chi connectivity index (χ0n) is 16.7. The van der Waals surface area contributed by atoms with Crippen LogP contribution in [0.15, 0.2) is 29.8 Å². The van der Waals surface area contributed by atoms with E-state index >= 15 is 0 Å². The van der Waals surface area contributed by atoms with Crippen LogP contribution in [-0.4, -0.2) is 51.4 Å². The van der Waals surface area contributed by atoms with E-state index in [4.69, 9.17) is 5.73 Å². The standard InChI is InChI=1S/C21H27N3O3S/c1-12-18(28-11-23-12)14-7-5-13(6-8-14)17(26)16-9-15(25)10-24(16)20(27)19(22)21(2,3)4/h5-8,11,15-16,19,25H,9-10,22H2,1-4H3/t15-,16+,19-/m1/s1. The number of aliphatic hydroxyl groups excluding tert-OH is 1. The second-order valence-corrected chi connectivity index (χ2v) is 9.30. The summed E-state index contributed by atoms with van der Waals surface area (Å²) in [6.45, 7) is 7.75. The van der Waals surface area contributed by atoms with Gasteiger partial charge in [0.15, 0.2) is 5.78 Å². The molecule has 1 aromatic carbocycles. The Morgan fingerprint density at radius 2 is 1.93 bits per heavy atom. The fourth-order valence-electron chi connectivity index (χ4n) is 3.41. The van der Waals surface area contributed by atoms with E-state index in [1.807, 2.05) is 39.8 Å². The van der Waals surface area contributed by atoms with Gasteiger partial charge < -0.3 is 15.7 Å². The number of aromatic nitrogens is 1. The van der Waals surface area contributed by atoms with Crippen molar-refractivity contribution in [2.45, 2.75) is 52.3 Å². The average Bonchev–Trinajstić information content (AvgIpc) is 3.25. The Kier molecular flexibility index (Phi) is 5.70. The summed E-state index contributed by atoms with van der Waals surface area (Å²) < 4.78 is 0. The van der Waals surface area contributed by atoms with Crippen molar-refractivity contribution in [3.63, 3.8) is 0 Å². The summed E-state index contributed by atoms with van der Waals surface area (Å²) in [7, 11) is 0. The van der Waals surface area contributed by atoms with Crippen molar-refractivity contribution in [1.29, 1.82) is 0 Å². The van der Waals surface area contributed by atoms with Crippen LogP contribution in [0.4, 0.5) is 0 Å². The Morgan fingerprint density at radius 3 is 2.46 bits per heavy atom. The summed E-state index contributed by atoms with van der Waals surface area (Å²) >= 11 is 1.56. The maximum Gasteiger partial charge on any atom is 0.240 e. The van der Waals surface area contributed by atoms with Crippen molar-refractivity contribution < 1.29 is 14.7 Å². The lowest BCUT2D eigenvalue weighted by molar-refractivity contribution is -0.135. The van der Waals surface area contributed by atoms with Crippen LogP contribution >= 0.6 is 11.3 Å². The predicted molar refractivity (Wildman–Crippen MR) is 110 cm³/mol. The molecule has 0 unspecified atom stereocenters. The molecular formula is C21H27N3O3S. The molecule has 3 rings (SSSR count). The highest BCUT2D eigenvalue weighted by molar-refractivity contribution is 7.13. The van der Waals surface area contributed by atoms with Gasteiger partial charge in [0.05, 0.1) is 34.3 Å². The molecule has 7 heteroatoms. The van der Waals surface area contributed by atoms with Crippen LogP contribution in [0.2, 0.25) is 0 Å². The number of carbonyl (C=O) groups excluding carboxylic acids is 2. The van der Waals surface area contributed by atoms with Gasteiger partial charge in [-0.3, -0.25) is 9.59 Å². The fraction of sp³-hybridized carbons (Fsp3) is 0.476. The number of nitrogens with zero attached hydrogens (tertiary/aromatic N) is 2. The average molecular weight is 402 g/mol. The number of hydrogen-bond acceptors (Lipinski definition) is 6. The molecule has 2 heterocycles. The maximum atomic E-state index is 13.1. The molecule has 1 aromatic heterocycles. The first kappa shape index (κ1) is 20.6. The summed E-state index contributed by atoms with van der Waals surface area (Å²) in [5.41, 5.74) is 9.97. The Morgan fingerprint density at radius 1 is 1.29 bits per heavy atom. The summed E-state index contributed by atoms with van der Waals surface area (Å²) in [6, 6.07) is 5.91. The lowest BCUT2D eigenvalue weighted by Gasteiger charge is -2.32. The van der Waals surface area contributed by atoms with Gasteiger partial charge in [-0.05, 0) is 17.9 Å². The van der Waals surface area contributed by atoms with Gasteiger partial charge in [-0.1, -0.05) is 45.0 Å². The molecular weight excluding hydrogens is 374 g/mol. The van der Waals surface area contributed by atoms with Crippen LogP contribution in [0.5, 0.6) is 0 Å². The first-order valence-corrected chi connectivity index (χ1v) is 10.3. The van der Waals surface area contributed by atoms with Crippen molar-refractivity contribution in [1.82, 2.24) is 9.88 Å². The number of nitrogens with two attached hydrogens (primary N) is 1. The van der Waals surface area contributed by atoms with E-state index in [1.165, 1.54) is 4.90 Å². The smallest absolute Gasteiger partial charge is 0.240 e. The van der Waals surface area contributed by atoms with Gasteiger partial charge in [0.1, 0.15) is 0 Å². The summed E-state index contributed by atoms with van der Waals surface area (Å²) in [5, 5.41) is 10.1. The van der Waals surface area contributed by atoms with Crippen LogP contribution in [0.1, 0.15) is 43.2 Å². The van der Waals surface area contributed by atoms with Crippen LogP contribution in [0, 0.1) is 12.3 Å². The number of rotatable bonds is 4. The Bertz CT molecular complexity index is 870. The number of aliphatic hydroxyl groups is 1. The molecule has 1 saturated heterocycles. The zero-order chi connectivity index (χ0) is 20.6. The molecule has 1 amide bonds. The van der Waals surface area contributed by atoms with Crippen molar-refractivity contribution in [3.05, 3.63) is 41.0 Å². The van der Waals surface area contributed by atoms with Gasteiger partial charge in [-0.2, -0.15) is 0 Å². The molecule has 1 aliphatic heterocycles. The third-order valence-corrected chi connectivity index (χ3v) is 6.22. The summed E-state index contributed by atoms with van der Waals surface area (Å²) in [4.78, 5) is 32.7. The molecule has 1 fully saturated rings. The van der Waals surface area contributed by atoms with Crippen molar-refractivity contribution in [2.75, 3.05) is 6.54 Å². The number of amides is 1. The minimum Gasteiger partial charge on any atom is -0.391 e. The number of thiazole rings is 1. The molecule has 150 valence electrons. The first-order valence-electron chi connectivity index (χ1n) is 9.38. The van der Waals surface area contributed by atoms with Crippen molar-refractivity contribution in [3.8, 4) is 10.4 Å². The number of ketones is 1. The van der Waals surface area contributed by atoms with Crippen LogP contribution in [0.25, 0.3) is 10.4 Å². The number of β-amino-alcohol motifs (C(OH)–C–C–N with tert-alkyl or cyclic N) is 1. The molecule has 3 atom stereocenters. The molecule has 0 saturated carbocycles. The van der Waals surface area contributed by atoms with E-state index in [1.54, 1.807) is 29.0 Å². The largest absolute Gasteiger partial charge is 0.391 e. The van der Waals surface area contributed by atoms with Gasteiger partial charge in [0.25, 0.3) is 0 Å². The van der Waals surface area contributed by atoms with E-state index in [9.17, 15) is 14.7 Å². The molecule has 0 bridgehead atoms. The van der Waals surface area contributed by atoms with Gasteiger partial charge in [-0.25, -0.2) is 4.98 Å². The fourth-order valence-corrected chi connectivity index (χ4v) is 4.22. The quantitative estimate of drug-likeness (QED) is 0.768. The summed E-state index contributed by atoms with van der Waals surface area (Å²) in [6.07, 6.45) is -0.485. The topological polar surface area (TPSA) is 96.5 Å². The highest BCUT2D eigenvalue weighted by Crippen LogP contribution is 2.29. The molecule has 0 aliphatic carbocycles. The van der Waals surface area contributed by atoms with E-state index in [0.29, 0.717) is 5.56 Å². The number of hydrogen-bond donors (Lipinski definition) is 2. The molecule has 6 nitrogen and oxygen atoms in total. The Balaban J connectivity index is 1.82. The number of aryl methyl sites for hydroxylation is 1. The van der Waals surface area contributed by atoms with E-state index < -0.39 is 23.6 Å². The highest BCUT2D eigenvalue weighted by atomic mass is 32.1. The number of likely N-dealkylation sites (tertiary alicyclic amines) is 1. The van der Waals surface area contributed by atoms with Gasteiger partial charge in [0, 0.05) is 18.5 Å². The van der Waals surface area contributed by atoms with E-state index in [2.05, 4.69) is 4.98 Å². The normalized spacial score (nSPS) is 21.0.